The molecule has 0 spiro atoms. The predicted octanol–water partition coefficient (Wildman–Crippen LogP) is 4.67. The summed E-state index contributed by atoms with van der Waals surface area (Å²) in [5.74, 6) is -1.01. The average Bonchev–Trinajstić information content (AvgIpc) is 3.39. The van der Waals surface area contributed by atoms with E-state index in [4.69, 9.17) is 14.3 Å². The zero-order chi connectivity index (χ0) is 24.5. The summed E-state index contributed by atoms with van der Waals surface area (Å²) in [6.45, 7) is 2.56. The molecule has 0 aliphatic carbocycles. The Bertz CT molecular complexity index is 1230. The fourth-order valence-electron chi connectivity index (χ4n) is 4.60. The first kappa shape index (κ1) is 22.9. The van der Waals surface area contributed by atoms with Gasteiger partial charge in [0.25, 0.3) is 5.91 Å². The molecule has 0 saturated carbocycles. The number of carbonyl (C=O) groups excluding carboxylic acids is 2. The highest BCUT2D eigenvalue weighted by Gasteiger charge is 2.60. The van der Waals surface area contributed by atoms with Crippen LogP contribution in [0, 0.1) is 11.7 Å². The molecule has 35 heavy (non-hydrogen) atoms. The molecule has 3 aromatic rings. The fraction of sp³-hybridized carbons (Fsp3) is 0.259. The van der Waals surface area contributed by atoms with E-state index in [1.807, 2.05) is 49.4 Å². The first-order valence-electron chi connectivity index (χ1n) is 11.5. The summed E-state index contributed by atoms with van der Waals surface area (Å²) in [6.07, 6.45) is -0.164. The molecular formula is C27H25FN2O5. The van der Waals surface area contributed by atoms with Gasteiger partial charge >= 0.3 is 0 Å². The minimum Gasteiger partial charge on any atom is -0.493 e. The second kappa shape index (κ2) is 9.38. The summed E-state index contributed by atoms with van der Waals surface area (Å²) >= 11 is 0. The maximum absolute atomic E-state index is 13.7. The fourth-order valence-corrected chi connectivity index (χ4v) is 4.60. The molecule has 0 unspecified atom stereocenters. The van der Waals surface area contributed by atoms with Gasteiger partial charge in [-0.25, -0.2) is 14.4 Å². The quantitative estimate of drug-likeness (QED) is 0.462. The second-order valence-corrected chi connectivity index (χ2v) is 8.41. The molecule has 0 N–H and O–H groups in total. The third kappa shape index (κ3) is 4.00. The first-order chi connectivity index (χ1) is 17.0. The lowest BCUT2D eigenvalue weighted by Gasteiger charge is -2.29. The number of carbonyl (C=O) groups is 2. The summed E-state index contributed by atoms with van der Waals surface area (Å²) in [7, 11) is 1.56. The van der Waals surface area contributed by atoms with Crippen LogP contribution in [0.4, 0.5) is 15.8 Å². The number of para-hydroxylation sites is 1. The smallest absolute Gasteiger partial charge is 0.266 e. The lowest BCUT2D eigenvalue weighted by molar-refractivity contribution is -0.126. The van der Waals surface area contributed by atoms with E-state index in [1.165, 1.54) is 24.3 Å². The van der Waals surface area contributed by atoms with Gasteiger partial charge in [-0.3, -0.25) is 14.4 Å². The van der Waals surface area contributed by atoms with Crippen molar-refractivity contribution in [3.63, 3.8) is 0 Å². The van der Waals surface area contributed by atoms with Gasteiger partial charge in [-0.05, 0) is 60.5 Å². The first-order valence-corrected chi connectivity index (χ1v) is 11.5. The highest BCUT2D eigenvalue weighted by molar-refractivity contribution is 6.23. The van der Waals surface area contributed by atoms with E-state index >= 15 is 0 Å². The summed E-state index contributed by atoms with van der Waals surface area (Å²) < 4.78 is 24.8. The van der Waals surface area contributed by atoms with Gasteiger partial charge in [-0.1, -0.05) is 31.2 Å². The van der Waals surface area contributed by atoms with Crippen LogP contribution in [-0.4, -0.2) is 31.6 Å². The molecule has 8 heteroatoms. The van der Waals surface area contributed by atoms with Gasteiger partial charge in [-0.15, -0.1) is 0 Å². The van der Waals surface area contributed by atoms with E-state index in [2.05, 4.69) is 0 Å². The van der Waals surface area contributed by atoms with Gasteiger partial charge in [0.2, 0.25) is 5.91 Å². The number of rotatable bonds is 7. The van der Waals surface area contributed by atoms with E-state index in [0.29, 0.717) is 29.5 Å². The largest absolute Gasteiger partial charge is 0.493 e. The van der Waals surface area contributed by atoms with Gasteiger partial charge in [-0.2, -0.15) is 0 Å². The monoisotopic (exact) mass is 476 g/mol. The standard InChI is InChI=1S/C27H25FN2O5/c1-3-15-34-21-14-9-17(16-22(21)33-2)24-23-25(35-30(24)20-7-5-4-6-8-20)27(32)29(26(23)31)19-12-10-18(28)11-13-19/h4-14,16,23-25H,3,15H2,1-2H3/t23-,24+,25+/m1/s1. The van der Waals surface area contributed by atoms with Crippen LogP contribution in [0.1, 0.15) is 24.9 Å². The third-order valence-electron chi connectivity index (χ3n) is 6.20. The van der Waals surface area contributed by atoms with Crippen LogP contribution in [0.15, 0.2) is 72.8 Å². The summed E-state index contributed by atoms with van der Waals surface area (Å²) in [5.41, 5.74) is 1.76. The number of hydrogen-bond donors (Lipinski definition) is 0. The van der Waals surface area contributed by atoms with Gasteiger partial charge < -0.3 is 9.47 Å². The lowest BCUT2D eigenvalue weighted by atomic mass is 9.90. The summed E-state index contributed by atoms with van der Waals surface area (Å²) in [4.78, 5) is 34.2. The van der Waals surface area contributed by atoms with Crippen LogP contribution in [0.5, 0.6) is 11.5 Å². The van der Waals surface area contributed by atoms with E-state index in [-0.39, 0.29) is 0 Å². The van der Waals surface area contributed by atoms with Crippen molar-refractivity contribution in [3.05, 3.63) is 84.2 Å². The summed E-state index contributed by atoms with van der Waals surface area (Å²) in [5, 5.41) is 1.62. The van der Waals surface area contributed by atoms with Crippen LogP contribution < -0.4 is 19.4 Å². The minimum atomic E-state index is -1.01. The van der Waals surface area contributed by atoms with Gasteiger partial charge in [0.05, 0.1) is 31.1 Å². The van der Waals surface area contributed by atoms with Gasteiger partial charge in [0, 0.05) is 0 Å². The third-order valence-corrected chi connectivity index (χ3v) is 6.20. The molecule has 3 aromatic carbocycles. The van der Waals surface area contributed by atoms with Crippen molar-refractivity contribution >= 4 is 23.2 Å². The molecule has 2 saturated heterocycles. The summed E-state index contributed by atoms with van der Waals surface area (Å²) in [6, 6.07) is 19.5. The van der Waals surface area contributed by atoms with Crippen molar-refractivity contribution in [2.45, 2.75) is 25.5 Å². The number of halogens is 1. The van der Waals surface area contributed by atoms with Crippen LogP contribution in [0.2, 0.25) is 0 Å². The normalized spacial score (nSPS) is 21.4. The molecule has 3 atom stereocenters. The maximum atomic E-state index is 13.7. The highest BCUT2D eigenvalue weighted by atomic mass is 19.1. The Kier molecular flexibility index (Phi) is 6.13. The number of nitrogens with zero attached hydrogens (tertiary/aromatic N) is 2. The number of methoxy groups -OCH3 is 1. The molecule has 2 aliphatic rings. The zero-order valence-electron chi connectivity index (χ0n) is 19.4. The number of anilines is 2. The van der Waals surface area contributed by atoms with E-state index in [9.17, 15) is 14.0 Å². The number of ether oxygens (including phenoxy) is 2. The molecule has 0 aromatic heterocycles. The van der Waals surface area contributed by atoms with E-state index in [0.717, 1.165) is 16.9 Å². The molecule has 2 fully saturated rings. The van der Waals surface area contributed by atoms with E-state index < -0.39 is 35.7 Å². The Morgan fingerprint density at radius 2 is 1.66 bits per heavy atom. The van der Waals surface area contributed by atoms with Crippen molar-refractivity contribution in [2.24, 2.45) is 5.92 Å². The number of benzene rings is 3. The van der Waals surface area contributed by atoms with Crippen LogP contribution in [-0.2, 0) is 14.4 Å². The van der Waals surface area contributed by atoms with Crippen molar-refractivity contribution in [1.29, 1.82) is 0 Å². The van der Waals surface area contributed by atoms with Crippen molar-refractivity contribution in [3.8, 4) is 11.5 Å². The number of amides is 2. The molecule has 2 aliphatic heterocycles. The Morgan fingerprint density at radius 3 is 2.34 bits per heavy atom. The van der Waals surface area contributed by atoms with Crippen LogP contribution >= 0.6 is 0 Å². The average molecular weight is 477 g/mol. The molecule has 0 radical (unpaired) electrons. The molecular weight excluding hydrogens is 451 g/mol. The Hall–Kier alpha value is -3.91. The Balaban J connectivity index is 1.57. The number of hydroxylamine groups is 1. The predicted molar refractivity (Wildman–Crippen MR) is 128 cm³/mol. The maximum Gasteiger partial charge on any atom is 0.266 e. The van der Waals surface area contributed by atoms with Gasteiger partial charge in [0.15, 0.2) is 17.6 Å². The molecule has 7 nitrogen and oxygen atoms in total. The topological polar surface area (TPSA) is 68.3 Å². The Morgan fingerprint density at radius 1 is 0.914 bits per heavy atom. The zero-order valence-corrected chi connectivity index (χ0v) is 19.4. The van der Waals surface area contributed by atoms with Crippen molar-refractivity contribution in [1.82, 2.24) is 0 Å². The molecule has 2 heterocycles. The van der Waals surface area contributed by atoms with Crippen molar-refractivity contribution in [2.75, 3.05) is 23.7 Å². The van der Waals surface area contributed by atoms with Gasteiger partial charge in [0.1, 0.15) is 11.7 Å². The number of fused-ring (bicyclic) bond motifs is 1. The lowest BCUT2D eigenvalue weighted by Crippen LogP contribution is -2.37. The highest BCUT2D eigenvalue weighted by Crippen LogP contribution is 2.48. The Labute approximate surface area is 202 Å². The van der Waals surface area contributed by atoms with Crippen molar-refractivity contribution < 1.29 is 28.3 Å². The number of hydrogen-bond acceptors (Lipinski definition) is 6. The SMILES string of the molecule is CCCOc1ccc([C@H]2[C@H]3C(=O)N(c4ccc(F)cc4)C(=O)[C@H]3ON2c2ccccc2)cc1OC. The molecule has 2 amide bonds. The number of imide groups is 1. The van der Waals surface area contributed by atoms with Crippen LogP contribution in [0.25, 0.3) is 0 Å². The molecule has 180 valence electrons. The van der Waals surface area contributed by atoms with Crippen LogP contribution in [0.3, 0.4) is 0 Å². The molecule has 5 rings (SSSR count). The minimum absolute atomic E-state index is 0.310. The molecule has 0 bridgehead atoms. The second-order valence-electron chi connectivity index (χ2n) is 8.41. The van der Waals surface area contributed by atoms with E-state index in [1.54, 1.807) is 18.2 Å².